The molecule has 27 heavy (non-hydrogen) atoms. The smallest absolute Gasteiger partial charge is 0.407 e. The lowest BCUT2D eigenvalue weighted by atomic mass is 10.1. The normalized spacial score (nSPS) is 12.1. The number of carbonyl (C=O) groups is 3. The maximum atomic E-state index is 11.9. The minimum atomic E-state index is -0.622. The molecule has 0 aliphatic heterocycles. The van der Waals surface area contributed by atoms with Gasteiger partial charge in [0, 0.05) is 6.54 Å². The lowest BCUT2D eigenvalue weighted by molar-refractivity contribution is -0.148. The molecule has 2 amide bonds. The van der Waals surface area contributed by atoms with Gasteiger partial charge in [0.1, 0.15) is 5.60 Å². The average molecular weight is 419 g/mol. The lowest BCUT2D eigenvalue weighted by Crippen LogP contribution is -2.34. The van der Waals surface area contributed by atoms with Crippen LogP contribution < -0.4 is 10.6 Å². The highest BCUT2D eigenvalue weighted by Crippen LogP contribution is 2.25. The fourth-order valence-corrected chi connectivity index (χ4v) is 2.25. The molecule has 0 fully saturated rings. The summed E-state index contributed by atoms with van der Waals surface area (Å²) in [7, 11) is 0. The Morgan fingerprint density at radius 3 is 2.41 bits per heavy atom. The topological polar surface area (TPSA) is 93.7 Å². The quantitative estimate of drug-likeness (QED) is 0.659. The minimum absolute atomic E-state index is 0.0506. The van der Waals surface area contributed by atoms with E-state index < -0.39 is 30.2 Å². The van der Waals surface area contributed by atoms with E-state index in [-0.39, 0.29) is 19.0 Å². The molecule has 0 aliphatic rings. The van der Waals surface area contributed by atoms with Gasteiger partial charge in [-0.15, -0.1) is 0 Å². The van der Waals surface area contributed by atoms with Gasteiger partial charge in [0.05, 0.1) is 22.5 Å². The van der Waals surface area contributed by atoms with E-state index in [0.717, 1.165) is 5.56 Å². The van der Waals surface area contributed by atoms with Crippen molar-refractivity contribution in [1.29, 1.82) is 0 Å². The number of nitrogens with one attached hydrogen (secondary N) is 2. The van der Waals surface area contributed by atoms with Gasteiger partial charge in [-0.05, 0) is 45.4 Å². The average Bonchev–Trinajstić information content (AvgIpc) is 2.53. The summed E-state index contributed by atoms with van der Waals surface area (Å²) >= 11 is 11.8. The maximum absolute atomic E-state index is 11.9. The fourth-order valence-electron chi connectivity index (χ4n) is 1.95. The standard InChI is InChI=1S/C18H24Cl2N2O5/c1-11(12-5-6-13(19)14(20)9-12)22-15(23)10-26-16(24)7-8-21-17(25)27-18(2,3)4/h5-6,9,11H,7-8,10H2,1-4H3,(H,21,25)(H,22,23)/t11-/m1/s1. The first-order valence-corrected chi connectivity index (χ1v) is 9.10. The molecule has 1 rings (SSSR count). The molecule has 1 aromatic rings. The molecule has 0 heterocycles. The molecule has 0 radical (unpaired) electrons. The van der Waals surface area contributed by atoms with Gasteiger partial charge in [-0.3, -0.25) is 9.59 Å². The van der Waals surface area contributed by atoms with Crippen LogP contribution in [0.5, 0.6) is 0 Å². The van der Waals surface area contributed by atoms with Gasteiger partial charge in [-0.1, -0.05) is 29.3 Å². The van der Waals surface area contributed by atoms with Crippen LogP contribution in [0.25, 0.3) is 0 Å². The number of hydrogen-bond donors (Lipinski definition) is 2. The Kier molecular flexibility index (Phi) is 8.85. The molecule has 0 saturated carbocycles. The maximum Gasteiger partial charge on any atom is 0.407 e. The van der Waals surface area contributed by atoms with Crippen molar-refractivity contribution >= 4 is 41.2 Å². The summed E-state index contributed by atoms with van der Waals surface area (Å²) in [6.45, 7) is 6.60. The van der Waals surface area contributed by atoms with Gasteiger partial charge in [-0.25, -0.2) is 4.79 Å². The van der Waals surface area contributed by atoms with Crippen LogP contribution in [0, 0.1) is 0 Å². The summed E-state index contributed by atoms with van der Waals surface area (Å²) < 4.78 is 9.91. The van der Waals surface area contributed by atoms with Gasteiger partial charge in [-0.2, -0.15) is 0 Å². The second-order valence-corrected chi connectivity index (χ2v) is 7.62. The summed E-state index contributed by atoms with van der Waals surface area (Å²) in [5.41, 5.74) is 0.152. The highest BCUT2D eigenvalue weighted by atomic mass is 35.5. The number of carbonyl (C=O) groups excluding carboxylic acids is 3. The number of hydrogen-bond acceptors (Lipinski definition) is 5. The van der Waals surface area contributed by atoms with E-state index in [9.17, 15) is 14.4 Å². The van der Waals surface area contributed by atoms with Gasteiger partial charge in [0.25, 0.3) is 5.91 Å². The van der Waals surface area contributed by atoms with Crippen LogP contribution in [0.15, 0.2) is 18.2 Å². The fraction of sp³-hybridized carbons (Fsp3) is 0.500. The van der Waals surface area contributed by atoms with Gasteiger partial charge in [0.15, 0.2) is 6.61 Å². The number of ether oxygens (including phenoxy) is 2. The predicted octanol–water partition coefficient (Wildman–Crippen LogP) is 3.63. The summed E-state index contributed by atoms with van der Waals surface area (Å²) in [6.07, 6.45) is -0.696. The Hall–Kier alpha value is -1.99. The zero-order valence-corrected chi connectivity index (χ0v) is 17.2. The summed E-state index contributed by atoms with van der Waals surface area (Å²) in [4.78, 5) is 35.0. The first-order chi connectivity index (χ1) is 12.5. The van der Waals surface area contributed by atoms with Gasteiger partial charge in [0.2, 0.25) is 0 Å². The monoisotopic (exact) mass is 418 g/mol. The molecule has 1 aromatic carbocycles. The van der Waals surface area contributed by atoms with Gasteiger partial charge >= 0.3 is 12.1 Å². The second kappa shape index (κ2) is 10.4. The number of halogens is 2. The Labute approximate surface area is 168 Å². The highest BCUT2D eigenvalue weighted by Gasteiger charge is 2.16. The van der Waals surface area contributed by atoms with Crippen molar-refractivity contribution in [3.8, 4) is 0 Å². The van der Waals surface area contributed by atoms with Crippen molar-refractivity contribution in [2.45, 2.75) is 45.8 Å². The molecule has 2 N–H and O–H groups in total. The van der Waals surface area contributed by atoms with Crippen molar-refractivity contribution in [1.82, 2.24) is 10.6 Å². The molecule has 0 aliphatic carbocycles. The molecule has 0 bridgehead atoms. The first kappa shape index (κ1) is 23.0. The lowest BCUT2D eigenvalue weighted by Gasteiger charge is -2.19. The number of amides is 2. The van der Waals surface area contributed by atoms with E-state index in [1.165, 1.54) is 0 Å². The molecule has 150 valence electrons. The van der Waals surface area contributed by atoms with Crippen LogP contribution in [-0.2, 0) is 19.1 Å². The Balaban J connectivity index is 2.30. The van der Waals surface area contributed by atoms with Crippen LogP contribution >= 0.6 is 23.2 Å². The van der Waals surface area contributed by atoms with E-state index in [4.69, 9.17) is 32.7 Å². The minimum Gasteiger partial charge on any atom is -0.456 e. The van der Waals surface area contributed by atoms with Crippen LogP contribution in [0.3, 0.4) is 0 Å². The van der Waals surface area contributed by atoms with E-state index in [2.05, 4.69) is 10.6 Å². The molecule has 9 heteroatoms. The molecule has 0 unspecified atom stereocenters. The van der Waals surface area contributed by atoms with Crippen molar-refractivity contribution in [3.05, 3.63) is 33.8 Å². The van der Waals surface area contributed by atoms with Crippen molar-refractivity contribution in [3.63, 3.8) is 0 Å². The van der Waals surface area contributed by atoms with Crippen LogP contribution in [-0.4, -0.2) is 36.7 Å². The number of alkyl carbamates (subject to hydrolysis) is 1. The molecule has 0 saturated heterocycles. The molecule has 1 atom stereocenters. The van der Waals surface area contributed by atoms with Gasteiger partial charge < -0.3 is 20.1 Å². The molecule has 7 nitrogen and oxygen atoms in total. The third-order valence-electron chi connectivity index (χ3n) is 3.18. The number of benzene rings is 1. The van der Waals surface area contributed by atoms with Crippen LogP contribution in [0.1, 0.15) is 45.7 Å². The van der Waals surface area contributed by atoms with E-state index in [1.54, 1.807) is 45.9 Å². The van der Waals surface area contributed by atoms with Crippen molar-refractivity contribution in [2.24, 2.45) is 0 Å². The third kappa shape index (κ3) is 9.49. The molecular weight excluding hydrogens is 395 g/mol. The number of esters is 1. The Bertz CT molecular complexity index is 689. The van der Waals surface area contributed by atoms with Crippen molar-refractivity contribution in [2.75, 3.05) is 13.2 Å². The van der Waals surface area contributed by atoms with Crippen molar-refractivity contribution < 1.29 is 23.9 Å². The van der Waals surface area contributed by atoms with E-state index in [1.807, 2.05) is 0 Å². The van der Waals surface area contributed by atoms with Crippen LogP contribution in [0.4, 0.5) is 4.79 Å². The molecule has 0 spiro atoms. The summed E-state index contributed by atoms with van der Waals surface area (Å²) in [5, 5.41) is 5.94. The third-order valence-corrected chi connectivity index (χ3v) is 3.92. The second-order valence-electron chi connectivity index (χ2n) is 6.80. The Morgan fingerprint density at radius 1 is 1.15 bits per heavy atom. The Morgan fingerprint density at radius 2 is 1.81 bits per heavy atom. The highest BCUT2D eigenvalue weighted by molar-refractivity contribution is 6.42. The van der Waals surface area contributed by atoms with Crippen LogP contribution in [0.2, 0.25) is 10.0 Å². The largest absolute Gasteiger partial charge is 0.456 e. The molecule has 0 aromatic heterocycles. The SMILES string of the molecule is C[C@@H](NC(=O)COC(=O)CCNC(=O)OC(C)(C)C)c1ccc(Cl)c(Cl)c1. The first-order valence-electron chi connectivity index (χ1n) is 8.34. The zero-order chi connectivity index (χ0) is 20.6. The molecular formula is C18H24Cl2N2O5. The van der Waals surface area contributed by atoms with E-state index in [0.29, 0.717) is 10.0 Å². The summed E-state index contributed by atoms with van der Waals surface area (Å²) in [6, 6.07) is 4.70. The summed E-state index contributed by atoms with van der Waals surface area (Å²) in [5.74, 6) is -1.06. The predicted molar refractivity (Wildman–Crippen MR) is 103 cm³/mol. The van der Waals surface area contributed by atoms with E-state index >= 15 is 0 Å². The zero-order valence-electron chi connectivity index (χ0n) is 15.7. The number of rotatable bonds is 7.